The highest BCUT2D eigenvalue weighted by molar-refractivity contribution is 5.87. The van der Waals surface area contributed by atoms with Gasteiger partial charge in [0.05, 0.1) is 6.61 Å². The van der Waals surface area contributed by atoms with E-state index in [1.165, 1.54) is 12.1 Å². The van der Waals surface area contributed by atoms with Crippen molar-refractivity contribution in [2.24, 2.45) is 0 Å². The van der Waals surface area contributed by atoms with Crippen LogP contribution in [0.5, 0.6) is 0 Å². The van der Waals surface area contributed by atoms with Gasteiger partial charge in [-0.2, -0.15) is 0 Å². The van der Waals surface area contributed by atoms with Gasteiger partial charge in [0.1, 0.15) is 11.6 Å². The van der Waals surface area contributed by atoms with Crippen LogP contribution in [0.25, 0.3) is 6.08 Å². The summed E-state index contributed by atoms with van der Waals surface area (Å²) in [6.07, 6.45) is 2.34. The molecule has 0 bridgehead atoms. The van der Waals surface area contributed by atoms with Crippen molar-refractivity contribution in [1.82, 2.24) is 0 Å². The minimum atomic E-state index is -0.712. The average Bonchev–Trinajstić information content (AvgIpc) is 2.17. The van der Waals surface area contributed by atoms with Crippen molar-refractivity contribution in [2.45, 2.75) is 6.92 Å². The minimum absolute atomic E-state index is 0.143. The lowest BCUT2D eigenvalue weighted by atomic mass is 10.2. The largest absolute Gasteiger partial charge is 0.463 e. The number of rotatable bonds is 3. The standard InChI is InChI=1S/C11H10F2O2/c1-2-15-11(14)6-4-8-3-5-9(12)7-10(8)13/h3-7H,2H2,1H3/b6-4+. The van der Waals surface area contributed by atoms with Crippen LogP contribution in [0.3, 0.4) is 0 Å². The molecule has 0 spiro atoms. The first-order valence-corrected chi connectivity index (χ1v) is 4.43. The molecular weight excluding hydrogens is 202 g/mol. The van der Waals surface area contributed by atoms with E-state index < -0.39 is 17.6 Å². The Balaban J connectivity index is 2.76. The first-order chi connectivity index (χ1) is 7.13. The summed E-state index contributed by atoms with van der Waals surface area (Å²) in [5.74, 6) is -1.92. The molecule has 0 aliphatic rings. The summed E-state index contributed by atoms with van der Waals surface area (Å²) >= 11 is 0. The normalized spacial score (nSPS) is 10.6. The molecule has 0 atom stereocenters. The van der Waals surface area contributed by atoms with E-state index in [1.54, 1.807) is 6.92 Å². The van der Waals surface area contributed by atoms with Crippen molar-refractivity contribution in [2.75, 3.05) is 6.61 Å². The maximum Gasteiger partial charge on any atom is 0.330 e. The summed E-state index contributed by atoms with van der Waals surface area (Å²) in [6.45, 7) is 1.93. The van der Waals surface area contributed by atoms with E-state index >= 15 is 0 Å². The molecule has 0 aliphatic carbocycles. The molecule has 1 aromatic carbocycles. The Labute approximate surface area is 86.2 Å². The van der Waals surface area contributed by atoms with Gasteiger partial charge in [-0.15, -0.1) is 0 Å². The Morgan fingerprint density at radius 1 is 1.47 bits per heavy atom. The molecular formula is C11H10F2O2. The predicted molar refractivity (Wildman–Crippen MR) is 52.0 cm³/mol. The fraction of sp³-hybridized carbons (Fsp3) is 0.182. The first kappa shape index (κ1) is 11.4. The van der Waals surface area contributed by atoms with E-state index in [1.807, 2.05) is 0 Å². The molecule has 0 fully saturated rings. The van der Waals surface area contributed by atoms with Gasteiger partial charge in [0, 0.05) is 17.7 Å². The molecule has 1 aromatic rings. The quantitative estimate of drug-likeness (QED) is 0.568. The lowest BCUT2D eigenvalue weighted by molar-refractivity contribution is -0.137. The van der Waals surface area contributed by atoms with Crippen molar-refractivity contribution in [3.05, 3.63) is 41.5 Å². The summed E-state index contributed by atoms with van der Waals surface area (Å²) in [6, 6.07) is 3.12. The van der Waals surface area contributed by atoms with Crippen LogP contribution >= 0.6 is 0 Å². The summed E-state index contributed by atoms with van der Waals surface area (Å²) in [4.78, 5) is 10.9. The number of carbonyl (C=O) groups excluding carboxylic acids is 1. The molecule has 0 heterocycles. The van der Waals surface area contributed by atoms with E-state index in [0.717, 1.165) is 18.2 Å². The third-order valence-corrected chi connectivity index (χ3v) is 1.65. The summed E-state index contributed by atoms with van der Waals surface area (Å²) in [5, 5.41) is 0. The molecule has 0 saturated carbocycles. The Morgan fingerprint density at radius 3 is 2.80 bits per heavy atom. The maximum atomic E-state index is 13.0. The fourth-order valence-corrected chi connectivity index (χ4v) is 0.985. The molecule has 80 valence electrons. The van der Waals surface area contributed by atoms with Gasteiger partial charge < -0.3 is 4.74 Å². The second-order valence-corrected chi connectivity index (χ2v) is 2.75. The Morgan fingerprint density at radius 2 is 2.20 bits per heavy atom. The predicted octanol–water partition coefficient (Wildman–Crippen LogP) is 2.54. The Kier molecular flexibility index (Phi) is 3.97. The topological polar surface area (TPSA) is 26.3 Å². The van der Waals surface area contributed by atoms with E-state index in [-0.39, 0.29) is 12.2 Å². The molecule has 15 heavy (non-hydrogen) atoms. The van der Waals surface area contributed by atoms with Gasteiger partial charge in [0.25, 0.3) is 0 Å². The molecule has 1 rings (SSSR count). The molecule has 0 radical (unpaired) electrons. The zero-order valence-corrected chi connectivity index (χ0v) is 8.17. The highest BCUT2D eigenvalue weighted by atomic mass is 19.1. The monoisotopic (exact) mass is 212 g/mol. The van der Waals surface area contributed by atoms with Gasteiger partial charge in [-0.3, -0.25) is 0 Å². The van der Waals surface area contributed by atoms with Gasteiger partial charge in [-0.25, -0.2) is 13.6 Å². The van der Waals surface area contributed by atoms with Gasteiger partial charge in [0.2, 0.25) is 0 Å². The highest BCUT2D eigenvalue weighted by Crippen LogP contribution is 2.10. The average molecular weight is 212 g/mol. The number of carbonyl (C=O) groups is 1. The van der Waals surface area contributed by atoms with Crippen LogP contribution in [0.4, 0.5) is 8.78 Å². The van der Waals surface area contributed by atoms with Crippen LogP contribution in [-0.4, -0.2) is 12.6 Å². The molecule has 0 N–H and O–H groups in total. The summed E-state index contributed by atoms with van der Waals surface area (Å²) in [7, 11) is 0. The van der Waals surface area contributed by atoms with Crippen LogP contribution in [0.15, 0.2) is 24.3 Å². The molecule has 0 saturated heterocycles. The fourth-order valence-electron chi connectivity index (χ4n) is 0.985. The summed E-state index contributed by atoms with van der Waals surface area (Å²) < 4.78 is 30.2. The van der Waals surface area contributed by atoms with Gasteiger partial charge in [-0.05, 0) is 25.1 Å². The van der Waals surface area contributed by atoms with Gasteiger partial charge >= 0.3 is 5.97 Å². The van der Waals surface area contributed by atoms with E-state index in [9.17, 15) is 13.6 Å². The smallest absolute Gasteiger partial charge is 0.330 e. The number of esters is 1. The lowest BCUT2D eigenvalue weighted by Crippen LogP contribution is -1.98. The Hall–Kier alpha value is -1.71. The molecule has 0 amide bonds. The zero-order valence-electron chi connectivity index (χ0n) is 8.17. The number of hydrogen-bond acceptors (Lipinski definition) is 2. The molecule has 0 aliphatic heterocycles. The molecule has 2 nitrogen and oxygen atoms in total. The Bertz CT molecular complexity index is 386. The molecule has 0 aromatic heterocycles. The van der Waals surface area contributed by atoms with Gasteiger partial charge in [-0.1, -0.05) is 0 Å². The van der Waals surface area contributed by atoms with Gasteiger partial charge in [0.15, 0.2) is 0 Å². The van der Waals surface area contributed by atoms with Crippen LogP contribution < -0.4 is 0 Å². The number of halogens is 2. The second-order valence-electron chi connectivity index (χ2n) is 2.75. The zero-order chi connectivity index (χ0) is 11.3. The van der Waals surface area contributed by atoms with Crippen LogP contribution in [0.2, 0.25) is 0 Å². The highest BCUT2D eigenvalue weighted by Gasteiger charge is 2.01. The van der Waals surface area contributed by atoms with E-state index in [2.05, 4.69) is 4.74 Å². The van der Waals surface area contributed by atoms with Crippen LogP contribution in [-0.2, 0) is 9.53 Å². The third-order valence-electron chi connectivity index (χ3n) is 1.65. The minimum Gasteiger partial charge on any atom is -0.463 e. The second kappa shape index (κ2) is 5.24. The van der Waals surface area contributed by atoms with Crippen molar-refractivity contribution in [1.29, 1.82) is 0 Å². The van der Waals surface area contributed by atoms with E-state index in [0.29, 0.717) is 0 Å². The number of benzene rings is 1. The first-order valence-electron chi connectivity index (χ1n) is 4.43. The molecule has 0 unspecified atom stereocenters. The van der Waals surface area contributed by atoms with Crippen molar-refractivity contribution >= 4 is 12.0 Å². The van der Waals surface area contributed by atoms with Crippen molar-refractivity contribution < 1.29 is 18.3 Å². The SMILES string of the molecule is CCOC(=O)/C=C/c1ccc(F)cc1F. The molecule has 4 heteroatoms. The van der Waals surface area contributed by atoms with E-state index in [4.69, 9.17) is 0 Å². The number of hydrogen-bond donors (Lipinski definition) is 0. The van der Waals surface area contributed by atoms with Crippen LogP contribution in [0.1, 0.15) is 12.5 Å². The van der Waals surface area contributed by atoms with Crippen LogP contribution in [0, 0.1) is 11.6 Å². The van der Waals surface area contributed by atoms with Crippen molar-refractivity contribution in [3.8, 4) is 0 Å². The summed E-state index contributed by atoms with van der Waals surface area (Å²) in [5.41, 5.74) is 0.143. The third kappa shape index (κ3) is 3.50. The van der Waals surface area contributed by atoms with Crippen molar-refractivity contribution in [3.63, 3.8) is 0 Å². The number of ether oxygens (including phenoxy) is 1. The maximum absolute atomic E-state index is 13.0. The lowest BCUT2D eigenvalue weighted by Gasteiger charge is -1.97.